The Hall–Kier alpha value is -2.85. The van der Waals surface area contributed by atoms with E-state index in [0.717, 1.165) is 17.5 Å². The number of fused-ring (bicyclic) bond motifs is 1. The first-order valence-electron chi connectivity index (χ1n) is 8.88. The number of ether oxygens (including phenoxy) is 1. The van der Waals surface area contributed by atoms with Gasteiger partial charge in [-0.15, -0.1) is 0 Å². The van der Waals surface area contributed by atoms with Crippen LogP contribution >= 0.6 is 0 Å². The summed E-state index contributed by atoms with van der Waals surface area (Å²) >= 11 is 0. The molecule has 0 fully saturated rings. The molecule has 0 radical (unpaired) electrons. The van der Waals surface area contributed by atoms with E-state index in [2.05, 4.69) is 16.6 Å². The third-order valence-corrected chi connectivity index (χ3v) is 4.48. The molecule has 0 unspecified atom stereocenters. The molecule has 2 rings (SSSR count). The lowest BCUT2D eigenvalue weighted by atomic mass is 10.0. The third kappa shape index (κ3) is 5.08. The average Bonchev–Trinajstić information content (AvgIpc) is 2.99. The van der Waals surface area contributed by atoms with Crippen LogP contribution in [0.1, 0.15) is 53.6 Å². The van der Waals surface area contributed by atoms with E-state index in [1.165, 1.54) is 12.0 Å². The van der Waals surface area contributed by atoms with E-state index < -0.39 is 17.9 Å². The van der Waals surface area contributed by atoms with Gasteiger partial charge in [0.15, 0.2) is 0 Å². The Morgan fingerprint density at radius 1 is 1.37 bits per heavy atom. The van der Waals surface area contributed by atoms with Crippen molar-refractivity contribution in [2.24, 2.45) is 5.73 Å². The Kier molecular flexibility index (Phi) is 7.38. The van der Waals surface area contributed by atoms with Crippen LogP contribution in [0.2, 0.25) is 0 Å². The molecule has 2 amide bonds. The van der Waals surface area contributed by atoms with E-state index in [0.29, 0.717) is 18.4 Å². The van der Waals surface area contributed by atoms with Crippen LogP contribution in [0, 0.1) is 11.8 Å². The maximum absolute atomic E-state index is 12.8. The van der Waals surface area contributed by atoms with Gasteiger partial charge in [-0.2, -0.15) is 0 Å². The zero-order valence-electron chi connectivity index (χ0n) is 15.4. The maximum Gasteiger partial charge on any atom is 0.305 e. The van der Waals surface area contributed by atoms with Gasteiger partial charge in [0.05, 0.1) is 7.11 Å². The molecule has 27 heavy (non-hydrogen) atoms. The second-order valence-corrected chi connectivity index (χ2v) is 6.28. The Labute approximate surface area is 158 Å². The number of esters is 1. The summed E-state index contributed by atoms with van der Waals surface area (Å²) in [6.07, 6.45) is 2.28. The largest absolute Gasteiger partial charge is 0.469 e. The second kappa shape index (κ2) is 9.74. The van der Waals surface area contributed by atoms with E-state index >= 15 is 0 Å². The number of hydrogen-bond donors (Lipinski definition) is 2. The van der Waals surface area contributed by atoms with Gasteiger partial charge in [0.1, 0.15) is 6.04 Å². The molecule has 1 aromatic rings. The highest BCUT2D eigenvalue weighted by Crippen LogP contribution is 2.28. The van der Waals surface area contributed by atoms with Crippen LogP contribution < -0.4 is 5.73 Å². The molecule has 0 saturated heterocycles. The Balaban J connectivity index is 2.18. The van der Waals surface area contributed by atoms with Gasteiger partial charge in [0.2, 0.25) is 5.91 Å². The summed E-state index contributed by atoms with van der Waals surface area (Å²) < 4.78 is 4.59. The first kappa shape index (κ1) is 20.5. The number of nitrogens with zero attached hydrogens (tertiary/aromatic N) is 1. The molecule has 0 aliphatic carbocycles. The molecule has 1 aliphatic rings. The number of benzene rings is 1. The van der Waals surface area contributed by atoms with Crippen molar-refractivity contribution in [1.29, 1.82) is 0 Å². The topological polar surface area (TPSA) is 110 Å². The number of carbonyl (C=O) groups is 3. The highest BCUT2D eigenvalue weighted by atomic mass is 16.5. The highest BCUT2D eigenvalue weighted by molar-refractivity contribution is 6.01. The van der Waals surface area contributed by atoms with Gasteiger partial charge in [-0.25, -0.2) is 0 Å². The lowest BCUT2D eigenvalue weighted by Gasteiger charge is -2.24. The molecule has 1 aliphatic heterocycles. The lowest BCUT2D eigenvalue weighted by molar-refractivity contribution is -0.141. The molecule has 1 atom stereocenters. The zero-order chi connectivity index (χ0) is 19.8. The molecule has 3 N–H and O–H groups in total. The quantitative estimate of drug-likeness (QED) is 0.401. The number of methoxy groups -OCH3 is 1. The number of aliphatic hydroxyl groups excluding tert-OH is 1. The summed E-state index contributed by atoms with van der Waals surface area (Å²) in [5.74, 6) is 4.72. The number of nitrogens with two attached hydrogens (primary N) is 1. The number of hydrogen-bond acceptors (Lipinski definition) is 5. The van der Waals surface area contributed by atoms with Crippen LogP contribution in [-0.4, -0.2) is 47.5 Å². The van der Waals surface area contributed by atoms with Gasteiger partial charge in [-0.1, -0.05) is 17.9 Å². The number of aliphatic hydroxyl groups is 1. The molecule has 7 nitrogen and oxygen atoms in total. The minimum Gasteiger partial charge on any atom is -0.469 e. The summed E-state index contributed by atoms with van der Waals surface area (Å²) in [5.41, 5.74) is 7.48. The molecule has 1 aromatic carbocycles. The number of primary amides is 1. The fourth-order valence-electron chi connectivity index (χ4n) is 3.01. The van der Waals surface area contributed by atoms with E-state index in [-0.39, 0.29) is 31.9 Å². The normalized spacial score (nSPS) is 13.6. The summed E-state index contributed by atoms with van der Waals surface area (Å²) in [6.45, 7) is 0.371. The molecule has 7 heteroatoms. The lowest BCUT2D eigenvalue weighted by Crippen LogP contribution is -2.45. The van der Waals surface area contributed by atoms with Crippen LogP contribution in [0.15, 0.2) is 18.2 Å². The number of carbonyl (C=O) groups excluding carboxylic acids is 3. The van der Waals surface area contributed by atoms with Gasteiger partial charge in [-0.3, -0.25) is 14.4 Å². The van der Waals surface area contributed by atoms with Gasteiger partial charge in [0, 0.05) is 37.1 Å². The first-order chi connectivity index (χ1) is 13.0. The van der Waals surface area contributed by atoms with Gasteiger partial charge < -0.3 is 20.5 Å². The monoisotopic (exact) mass is 372 g/mol. The van der Waals surface area contributed by atoms with E-state index in [9.17, 15) is 14.4 Å². The van der Waals surface area contributed by atoms with Crippen molar-refractivity contribution in [3.8, 4) is 11.8 Å². The first-order valence-corrected chi connectivity index (χ1v) is 8.88. The van der Waals surface area contributed by atoms with Crippen molar-refractivity contribution in [2.75, 3.05) is 13.7 Å². The Bertz CT molecular complexity index is 778. The number of amides is 2. The fourth-order valence-corrected chi connectivity index (χ4v) is 3.01. The van der Waals surface area contributed by atoms with Gasteiger partial charge in [-0.05, 0) is 37.0 Å². The molecule has 0 saturated carbocycles. The highest BCUT2D eigenvalue weighted by Gasteiger charge is 2.36. The van der Waals surface area contributed by atoms with Crippen LogP contribution in [0.25, 0.3) is 0 Å². The molecule has 0 bridgehead atoms. The van der Waals surface area contributed by atoms with Crippen molar-refractivity contribution in [2.45, 2.75) is 44.7 Å². The summed E-state index contributed by atoms with van der Waals surface area (Å²) in [6, 6.07) is 4.41. The Morgan fingerprint density at radius 3 is 2.81 bits per heavy atom. The predicted octanol–water partition coefficient (Wildman–Crippen LogP) is 0.964. The van der Waals surface area contributed by atoms with Crippen molar-refractivity contribution in [3.05, 3.63) is 34.9 Å². The second-order valence-electron chi connectivity index (χ2n) is 6.28. The fraction of sp³-hybridized carbons (Fsp3) is 0.450. The molecule has 0 aromatic heterocycles. The van der Waals surface area contributed by atoms with E-state index in [1.54, 1.807) is 12.1 Å². The average molecular weight is 372 g/mol. The van der Waals surface area contributed by atoms with Crippen molar-refractivity contribution < 1.29 is 24.2 Å². The molecule has 1 heterocycles. The SMILES string of the molecule is COC(=O)CC[C@@H](C(N)=O)N1Cc2c(C#CCCCCO)cccc2C1=O. The third-order valence-electron chi connectivity index (χ3n) is 4.48. The molecular weight excluding hydrogens is 348 g/mol. The summed E-state index contributed by atoms with van der Waals surface area (Å²) in [7, 11) is 1.27. The standard InChI is InChI=1S/C20H24N2O5/c1-27-18(24)11-10-17(19(21)25)22-13-16-14(7-4-2-3-5-12-23)8-6-9-15(16)20(22)26/h6,8-9,17,23H,2-3,5,10-13H2,1H3,(H2,21,25)/t17-/m0/s1. The molecular formula is C20H24N2O5. The minimum absolute atomic E-state index is 0.00174. The Morgan fingerprint density at radius 2 is 2.15 bits per heavy atom. The van der Waals surface area contributed by atoms with E-state index in [1.807, 2.05) is 6.07 Å². The smallest absolute Gasteiger partial charge is 0.305 e. The van der Waals surface area contributed by atoms with Crippen LogP contribution in [0.3, 0.4) is 0 Å². The van der Waals surface area contributed by atoms with Crippen LogP contribution in [0.5, 0.6) is 0 Å². The van der Waals surface area contributed by atoms with Crippen molar-refractivity contribution in [1.82, 2.24) is 4.90 Å². The van der Waals surface area contributed by atoms with Crippen molar-refractivity contribution in [3.63, 3.8) is 0 Å². The van der Waals surface area contributed by atoms with Crippen LogP contribution in [-0.2, 0) is 20.9 Å². The molecule has 144 valence electrons. The van der Waals surface area contributed by atoms with Crippen LogP contribution in [0.4, 0.5) is 0 Å². The number of rotatable bonds is 8. The summed E-state index contributed by atoms with van der Waals surface area (Å²) in [5, 5.41) is 8.80. The van der Waals surface area contributed by atoms with Gasteiger partial charge >= 0.3 is 5.97 Å². The molecule has 0 spiro atoms. The maximum atomic E-state index is 12.8. The van der Waals surface area contributed by atoms with Gasteiger partial charge in [0.25, 0.3) is 5.91 Å². The predicted molar refractivity (Wildman–Crippen MR) is 98.4 cm³/mol. The zero-order valence-corrected chi connectivity index (χ0v) is 15.4. The van der Waals surface area contributed by atoms with E-state index in [4.69, 9.17) is 10.8 Å². The van der Waals surface area contributed by atoms with Crippen molar-refractivity contribution >= 4 is 17.8 Å². The summed E-state index contributed by atoms with van der Waals surface area (Å²) in [4.78, 5) is 37.4. The minimum atomic E-state index is -0.880. The number of unbranched alkanes of at least 4 members (excludes halogenated alkanes) is 2.